The van der Waals surface area contributed by atoms with Crippen LogP contribution in [0.3, 0.4) is 0 Å². The Labute approximate surface area is 49.7 Å². The van der Waals surface area contributed by atoms with Crippen molar-refractivity contribution in [3.8, 4) is 0 Å². The maximum atomic E-state index is 9.02. The van der Waals surface area contributed by atoms with Gasteiger partial charge in [-0.1, -0.05) is 0 Å². The lowest BCUT2D eigenvalue weighted by atomic mass is 9.94. The summed E-state index contributed by atoms with van der Waals surface area (Å²) in [5, 5.41) is 9.02. The zero-order valence-corrected chi connectivity index (χ0v) is 4.88. The van der Waals surface area contributed by atoms with Crippen LogP contribution in [-0.4, -0.2) is 17.3 Å². The van der Waals surface area contributed by atoms with E-state index >= 15 is 0 Å². The van der Waals surface area contributed by atoms with E-state index in [1.54, 1.807) is 0 Å². The minimum absolute atomic E-state index is 0.0278. The summed E-state index contributed by atoms with van der Waals surface area (Å²) in [6.07, 6.45) is 4.61. The van der Waals surface area contributed by atoms with E-state index in [4.69, 9.17) is 10.8 Å². The van der Waals surface area contributed by atoms with Crippen LogP contribution in [0.2, 0.25) is 0 Å². The predicted octanol–water partition coefficient (Wildman–Crippen LogP) is 0.0628. The summed E-state index contributed by atoms with van der Waals surface area (Å²) in [6.45, 7) is 0. The molecule has 2 heteroatoms. The molecule has 1 saturated carbocycles. The van der Waals surface area contributed by atoms with Crippen LogP contribution < -0.4 is 5.73 Å². The van der Waals surface area contributed by atoms with Gasteiger partial charge in [0.2, 0.25) is 0 Å². The van der Waals surface area contributed by atoms with Crippen molar-refractivity contribution >= 4 is 0 Å². The Balaban J connectivity index is 2.28. The average Bonchev–Trinajstić information content (AvgIpc) is 1.77. The zero-order chi connectivity index (χ0) is 5.98. The molecule has 1 aliphatic rings. The summed E-state index contributed by atoms with van der Waals surface area (Å²) in [4.78, 5) is 0. The number of hydrogen-bond donors (Lipinski definition) is 2. The fourth-order valence-corrected chi connectivity index (χ4v) is 0.966. The number of aliphatic hydroxyl groups excluding tert-OH is 1. The van der Waals surface area contributed by atoms with E-state index in [1.165, 1.54) is 0 Å². The van der Waals surface area contributed by atoms with Crippen molar-refractivity contribution in [3.63, 3.8) is 0 Å². The maximum Gasteiger partial charge on any atom is 0.0693 e. The Morgan fingerprint density at radius 3 is 2.75 bits per heavy atom. The summed E-state index contributed by atoms with van der Waals surface area (Å²) in [5.41, 5.74) is 5.51. The van der Waals surface area contributed by atoms with Gasteiger partial charge in [0.05, 0.1) is 6.10 Å². The lowest BCUT2D eigenvalue weighted by Crippen LogP contribution is -2.37. The molecule has 2 unspecified atom stereocenters. The maximum absolute atomic E-state index is 9.02. The highest BCUT2D eigenvalue weighted by molar-refractivity contribution is 4.85. The van der Waals surface area contributed by atoms with Gasteiger partial charge in [-0.2, -0.15) is 0 Å². The summed E-state index contributed by atoms with van der Waals surface area (Å²) in [6, 6.07) is 0.0278. The summed E-state index contributed by atoms with van der Waals surface area (Å²) >= 11 is 0. The van der Waals surface area contributed by atoms with Crippen LogP contribution in [0.25, 0.3) is 0 Å². The highest BCUT2D eigenvalue weighted by Crippen LogP contribution is 2.14. The Morgan fingerprint density at radius 1 is 1.62 bits per heavy atom. The van der Waals surface area contributed by atoms with Crippen molar-refractivity contribution in [1.29, 1.82) is 0 Å². The normalized spacial score (nSPS) is 39.8. The highest BCUT2D eigenvalue weighted by Gasteiger charge is 2.18. The molecular weight excluding hydrogens is 102 g/mol. The molecule has 0 amide bonds. The fourth-order valence-electron chi connectivity index (χ4n) is 0.966. The lowest BCUT2D eigenvalue weighted by Gasteiger charge is -2.22. The molecule has 2 nitrogen and oxygen atoms in total. The first-order valence-corrected chi connectivity index (χ1v) is 3.06. The molecule has 47 valence electrons. The molecule has 0 aromatic heterocycles. The molecule has 1 aliphatic carbocycles. The van der Waals surface area contributed by atoms with Gasteiger partial charge in [-0.15, -0.1) is 0 Å². The van der Waals surface area contributed by atoms with E-state index in [-0.39, 0.29) is 12.1 Å². The van der Waals surface area contributed by atoms with Crippen LogP contribution in [-0.2, 0) is 0 Å². The van der Waals surface area contributed by atoms with Gasteiger partial charge in [0, 0.05) is 6.04 Å². The van der Waals surface area contributed by atoms with Crippen molar-refractivity contribution in [1.82, 2.24) is 0 Å². The van der Waals surface area contributed by atoms with Gasteiger partial charge in [-0.3, -0.25) is 0 Å². The highest BCUT2D eigenvalue weighted by atomic mass is 16.3. The van der Waals surface area contributed by atoms with Crippen molar-refractivity contribution in [3.05, 3.63) is 6.42 Å². The molecule has 0 aromatic carbocycles. The van der Waals surface area contributed by atoms with E-state index in [2.05, 4.69) is 6.42 Å². The minimum atomic E-state index is -0.274. The molecule has 0 aromatic rings. The minimum Gasteiger partial charge on any atom is -0.392 e. The predicted molar refractivity (Wildman–Crippen MR) is 32.1 cm³/mol. The standard InChI is InChI=1S/C6H12NO/c7-5-3-1-2-4-6(5)8/h2,5-6,8H,1,3-4,7H2. The van der Waals surface area contributed by atoms with Gasteiger partial charge < -0.3 is 10.8 Å². The van der Waals surface area contributed by atoms with Gasteiger partial charge >= 0.3 is 0 Å². The second kappa shape index (κ2) is 2.46. The molecule has 0 aliphatic heterocycles. The van der Waals surface area contributed by atoms with Crippen molar-refractivity contribution in [2.24, 2.45) is 5.73 Å². The van der Waals surface area contributed by atoms with E-state index in [9.17, 15) is 0 Å². The molecule has 8 heavy (non-hydrogen) atoms. The molecule has 0 saturated heterocycles. The number of rotatable bonds is 0. The van der Waals surface area contributed by atoms with Crippen molar-refractivity contribution in [2.45, 2.75) is 31.4 Å². The van der Waals surface area contributed by atoms with Crippen molar-refractivity contribution in [2.75, 3.05) is 0 Å². The molecule has 0 spiro atoms. The molecule has 0 bridgehead atoms. The van der Waals surface area contributed by atoms with Gasteiger partial charge in [-0.05, 0) is 25.7 Å². The van der Waals surface area contributed by atoms with Crippen LogP contribution in [0.1, 0.15) is 19.3 Å². The number of aliphatic hydroxyl groups is 1. The first-order valence-electron chi connectivity index (χ1n) is 3.06. The molecule has 0 heterocycles. The topological polar surface area (TPSA) is 46.2 Å². The van der Waals surface area contributed by atoms with E-state index in [0.29, 0.717) is 0 Å². The Kier molecular flexibility index (Phi) is 1.86. The summed E-state index contributed by atoms with van der Waals surface area (Å²) < 4.78 is 0. The second-order valence-corrected chi connectivity index (χ2v) is 2.33. The fraction of sp³-hybridized carbons (Fsp3) is 0.833. The summed E-state index contributed by atoms with van der Waals surface area (Å²) in [5.74, 6) is 0. The quantitative estimate of drug-likeness (QED) is 0.468. The lowest BCUT2D eigenvalue weighted by molar-refractivity contribution is 0.125. The molecule has 1 rings (SSSR count). The van der Waals surface area contributed by atoms with Crippen LogP contribution in [0, 0.1) is 6.42 Å². The first kappa shape index (κ1) is 6.05. The van der Waals surface area contributed by atoms with Gasteiger partial charge in [0.1, 0.15) is 0 Å². The largest absolute Gasteiger partial charge is 0.392 e. The zero-order valence-electron chi connectivity index (χ0n) is 4.88. The van der Waals surface area contributed by atoms with Gasteiger partial charge in [-0.25, -0.2) is 0 Å². The third kappa shape index (κ3) is 1.20. The number of nitrogens with two attached hydrogens (primary N) is 1. The second-order valence-electron chi connectivity index (χ2n) is 2.33. The first-order chi connectivity index (χ1) is 3.80. The average molecular weight is 114 g/mol. The van der Waals surface area contributed by atoms with E-state index < -0.39 is 0 Å². The van der Waals surface area contributed by atoms with E-state index in [1.807, 2.05) is 0 Å². The molecule has 1 radical (unpaired) electrons. The third-order valence-corrected chi connectivity index (χ3v) is 1.61. The molecule has 1 fully saturated rings. The Morgan fingerprint density at radius 2 is 2.38 bits per heavy atom. The smallest absolute Gasteiger partial charge is 0.0693 e. The molecular formula is C6H12NO. The van der Waals surface area contributed by atoms with Crippen LogP contribution in [0.4, 0.5) is 0 Å². The Bertz CT molecular complexity index is 64.9. The van der Waals surface area contributed by atoms with Crippen LogP contribution >= 0.6 is 0 Å². The van der Waals surface area contributed by atoms with Gasteiger partial charge in [0.15, 0.2) is 0 Å². The van der Waals surface area contributed by atoms with E-state index in [0.717, 1.165) is 19.3 Å². The summed E-state index contributed by atoms with van der Waals surface area (Å²) in [7, 11) is 0. The Hall–Kier alpha value is -0.0800. The van der Waals surface area contributed by atoms with Crippen LogP contribution in [0.5, 0.6) is 0 Å². The van der Waals surface area contributed by atoms with Crippen molar-refractivity contribution < 1.29 is 5.11 Å². The third-order valence-electron chi connectivity index (χ3n) is 1.61. The van der Waals surface area contributed by atoms with Gasteiger partial charge in [0.25, 0.3) is 0 Å². The SMILES string of the molecule is NC1CC[CH]CC1O. The molecule has 3 N–H and O–H groups in total. The molecule has 2 atom stereocenters. The van der Waals surface area contributed by atoms with Crippen LogP contribution in [0.15, 0.2) is 0 Å². The monoisotopic (exact) mass is 114 g/mol. The number of hydrogen-bond acceptors (Lipinski definition) is 2.